The fraction of sp³-hybridized carbons (Fsp3) is 0.125. The molecule has 0 unspecified atom stereocenters. The summed E-state index contributed by atoms with van der Waals surface area (Å²) >= 11 is 11.3. The molecule has 0 aliphatic carbocycles. The minimum atomic E-state index is -0.403. The molecule has 2 nitrogen and oxygen atoms in total. The van der Waals surface area contributed by atoms with Crippen molar-refractivity contribution >= 4 is 29.2 Å². The SMILES string of the molecule is CC(=O)Oc1ccc(Cl)cc1Cl.[Zn]. The van der Waals surface area contributed by atoms with Crippen molar-refractivity contribution < 1.29 is 29.0 Å². The Morgan fingerprint density at radius 1 is 1.38 bits per heavy atom. The molecule has 0 radical (unpaired) electrons. The number of carbonyl (C=O) groups excluding carboxylic acids is 1. The van der Waals surface area contributed by atoms with Crippen LogP contribution in [0.4, 0.5) is 0 Å². The topological polar surface area (TPSA) is 26.3 Å². The van der Waals surface area contributed by atoms with Crippen LogP contribution >= 0.6 is 23.2 Å². The average molecular weight is 270 g/mol. The van der Waals surface area contributed by atoms with Crippen LogP contribution in [0.25, 0.3) is 0 Å². The third kappa shape index (κ3) is 4.08. The number of hydrogen-bond donors (Lipinski definition) is 0. The van der Waals surface area contributed by atoms with Crippen molar-refractivity contribution in [2.45, 2.75) is 6.92 Å². The molecule has 66 valence electrons. The number of carbonyl (C=O) groups is 1. The van der Waals surface area contributed by atoms with E-state index < -0.39 is 5.97 Å². The van der Waals surface area contributed by atoms with Crippen LogP contribution in [0.1, 0.15) is 6.92 Å². The summed E-state index contributed by atoms with van der Waals surface area (Å²) in [5.74, 6) is -0.0761. The Bertz CT molecular complexity index is 315. The second kappa shape index (κ2) is 5.59. The number of halogens is 2. The van der Waals surface area contributed by atoms with E-state index in [0.717, 1.165) is 0 Å². The first-order valence-corrected chi connectivity index (χ1v) is 3.98. The molecule has 1 rings (SSSR count). The van der Waals surface area contributed by atoms with Crippen LogP contribution < -0.4 is 4.74 Å². The zero-order chi connectivity index (χ0) is 9.14. The van der Waals surface area contributed by atoms with Crippen molar-refractivity contribution in [3.8, 4) is 5.75 Å². The Hall–Kier alpha value is -0.107. The first-order valence-electron chi connectivity index (χ1n) is 3.23. The summed E-state index contributed by atoms with van der Waals surface area (Å²) in [6.45, 7) is 1.31. The van der Waals surface area contributed by atoms with Gasteiger partial charge in [-0.2, -0.15) is 0 Å². The zero-order valence-corrected chi connectivity index (χ0v) is 11.5. The van der Waals surface area contributed by atoms with Crippen molar-refractivity contribution in [3.63, 3.8) is 0 Å². The molecule has 0 amide bonds. The largest absolute Gasteiger partial charge is 0.425 e. The van der Waals surface area contributed by atoms with Crippen molar-refractivity contribution in [1.82, 2.24) is 0 Å². The molecule has 0 spiro atoms. The Morgan fingerprint density at radius 2 is 2.00 bits per heavy atom. The van der Waals surface area contributed by atoms with Crippen LogP contribution in [0.3, 0.4) is 0 Å². The maximum Gasteiger partial charge on any atom is 0.308 e. The molecular formula is C8H6Cl2O2Zn. The maximum atomic E-state index is 10.5. The Balaban J connectivity index is 0.00000144. The van der Waals surface area contributed by atoms with Crippen molar-refractivity contribution in [2.75, 3.05) is 0 Å². The molecule has 0 aliphatic heterocycles. The molecular weight excluding hydrogens is 264 g/mol. The van der Waals surface area contributed by atoms with E-state index >= 15 is 0 Å². The number of rotatable bonds is 1. The standard InChI is InChI=1S/C8H6Cl2O2.Zn/c1-5(11)12-8-3-2-6(9)4-7(8)10;/h2-4H,1H3;. The summed E-state index contributed by atoms with van der Waals surface area (Å²) in [4.78, 5) is 10.5. The summed E-state index contributed by atoms with van der Waals surface area (Å²) in [5, 5.41) is 0.841. The van der Waals surface area contributed by atoms with Gasteiger partial charge in [0, 0.05) is 31.4 Å². The summed E-state index contributed by atoms with van der Waals surface area (Å²) in [6, 6.07) is 4.67. The summed E-state index contributed by atoms with van der Waals surface area (Å²) in [7, 11) is 0. The third-order valence-corrected chi connectivity index (χ3v) is 1.68. The normalized spacial score (nSPS) is 8.85. The van der Waals surface area contributed by atoms with Crippen molar-refractivity contribution in [1.29, 1.82) is 0 Å². The Morgan fingerprint density at radius 3 is 2.46 bits per heavy atom. The Kier molecular flexibility index (Phi) is 5.54. The van der Waals surface area contributed by atoms with E-state index in [2.05, 4.69) is 0 Å². The minimum absolute atomic E-state index is 0. The van der Waals surface area contributed by atoms with Gasteiger partial charge in [0.25, 0.3) is 0 Å². The number of hydrogen-bond acceptors (Lipinski definition) is 2. The predicted molar refractivity (Wildman–Crippen MR) is 47.8 cm³/mol. The van der Waals surface area contributed by atoms with Crippen LogP contribution in [0.2, 0.25) is 10.0 Å². The molecule has 1 aromatic rings. The smallest absolute Gasteiger partial charge is 0.308 e. The molecule has 0 bridgehead atoms. The van der Waals surface area contributed by atoms with Crippen LogP contribution in [0.5, 0.6) is 5.75 Å². The molecule has 0 atom stereocenters. The van der Waals surface area contributed by atoms with Crippen molar-refractivity contribution in [2.24, 2.45) is 0 Å². The molecule has 5 heteroatoms. The molecule has 0 N–H and O–H groups in total. The number of esters is 1. The van der Waals surface area contributed by atoms with E-state index in [4.69, 9.17) is 27.9 Å². The van der Waals surface area contributed by atoms with Crippen LogP contribution in [-0.2, 0) is 24.3 Å². The average Bonchev–Trinajstić information content (AvgIpc) is 1.94. The number of ether oxygens (including phenoxy) is 1. The number of benzene rings is 1. The first kappa shape index (κ1) is 12.9. The minimum Gasteiger partial charge on any atom is -0.425 e. The molecule has 1 aromatic carbocycles. The van der Waals surface area contributed by atoms with Gasteiger partial charge in [-0.1, -0.05) is 23.2 Å². The maximum absolute atomic E-state index is 10.5. The van der Waals surface area contributed by atoms with Gasteiger partial charge in [-0.15, -0.1) is 0 Å². The fourth-order valence-electron chi connectivity index (χ4n) is 0.713. The third-order valence-electron chi connectivity index (χ3n) is 1.15. The molecule has 0 saturated carbocycles. The summed E-state index contributed by atoms with van der Waals surface area (Å²) in [6.07, 6.45) is 0. The van der Waals surface area contributed by atoms with Gasteiger partial charge in [-0.25, -0.2) is 0 Å². The molecule has 0 fully saturated rings. The van der Waals surface area contributed by atoms with Gasteiger partial charge >= 0.3 is 5.97 Å². The van der Waals surface area contributed by atoms with E-state index in [1.807, 2.05) is 0 Å². The van der Waals surface area contributed by atoms with Crippen LogP contribution in [-0.4, -0.2) is 5.97 Å². The fourth-order valence-corrected chi connectivity index (χ4v) is 1.16. The summed E-state index contributed by atoms with van der Waals surface area (Å²) in [5.41, 5.74) is 0. The second-order valence-corrected chi connectivity index (χ2v) is 3.01. The van der Waals surface area contributed by atoms with Gasteiger partial charge < -0.3 is 4.74 Å². The van der Waals surface area contributed by atoms with Crippen LogP contribution in [0.15, 0.2) is 18.2 Å². The van der Waals surface area contributed by atoms with Gasteiger partial charge in [0.1, 0.15) is 5.75 Å². The van der Waals surface area contributed by atoms with E-state index in [0.29, 0.717) is 15.8 Å². The zero-order valence-electron chi connectivity index (χ0n) is 7.01. The monoisotopic (exact) mass is 268 g/mol. The van der Waals surface area contributed by atoms with E-state index in [1.165, 1.54) is 13.0 Å². The van der Waals surface area contributed by atoms with Gasteiger partial charge in [-0.3, -0.25) is 4.79 Å². The molecule has 0 aromatic heterocycles. The van der Waals surface area contributed by atoms with E-state index in [9.17, 15) is 4.79 Å². The first-order chi connectivity index (χ1) is 5.59. The predicted octanol–water partition coefficient (Wildman–Crippen LogP) is 2.92. The van der Waals surface area contributed by atoms with Gasteiger partial charge in [0.05, 0.1) is 5.02 Å². The second-order valence-electron chi connectivity index (χ2n) is 2.17. The quantitative estimate of drug-likeness (QED) is 0.445. The summed E-state index contributed by atoms with van der Waals surface area (Å²) < 4.78 is 4.77. The van der Waals surface area contributed by atoms with Crippen molar-refractivity contribution in [3.05, 3.63) is 28.2 Å². The Labute approximate surface area is 98.9 Å². The van der Waals surface area contributed by atoms with Gasteiger partial charge in [0.15, 0.2) is 0 Å². The van der Waals surface area contributed by atoms with E-state index in [-0.39, 0.29) is 19.5 Å². The van der Waals surface area contributed by atoms with Gasteiger partial charge in [0.2, 0.25) is 0 Å². The van der Waals surface area contributed by atoms with E-state index in [1.54, 1.807) is 12.1 Å². The van der Waals surface area contributed by atoms with Crippen LogP contribution in [0, 0.1) is 0 Å². The molecule has 0 saturated heterocycles. The molecule has 0 heterocycles. The van der Waals surface area contributed by atoms with Gasteiger partial charge in [-0.05, 0) is 18.2 Å². The molecule has 13 heavy (non-hydrogen) atoms. The molecule has 0 aliphatic rings.